The van der Waals surface area contributed by atoms with Crippen LogP contribution in [0.3, 0.4) is 0 Å². The lowest BCUT2D eigenvalue weighted by Gasteiger charge is -2.22. The Morgan fingerprint density at radius 1 is 1.39 bits per heavy atom. The molecule has 1 aromatic heterocycles. The van der Waals surface area contributed by atoms with Crippen LogP contribution in [0.1, 0.15) is 20.3 Å². The lowest BCUT2D eigenvalue weighted by Crippen LogP contribution is -2.25. The Labute approximate surface area is 118 Å². The number of nitriles is 1. The summed E-state index contributed by atoms with van der Waals surface area (Å²) in [5, 5.41) is 12.7. The maximum atomic E-state index is 8.65. The highest BCUT2D eigenvalue weighted by molar-refractivity contribution is 6.37. The van der Waals surface area contributed by atoms with Gasteiger partial charge >= 0.3 is 0 Å². The summed E-state index contributed by atoms with van der Waals surface area (Å²) in [6.45, 7) is 6.04. The first-order valence-electron chi connectivity index (χ1n) is 5.85. The van der Waals surface area contributed by atoms with Crippen molar-refractivity contribution in [1.29, 1.82) is 5.26 Å². The minimum atomic E-state index is 0.436. The van der Waals surface area contributed by atoms with E-state index in [9.17, 15) is 0 Å². The summed E-state index contributed by atoms with van der Waals surface area (Å²) >= 11 is 12.2. The maximum Gasteiger partial charge on any atom is 0.149 e. The number of halogens is 2. The fourth-order valence-electron chi connectivity index (χ4n) is 1.57. The first kappa shape index (κ1) is 14.9. The molecule has 1 N–H and O–H groups in total. The number of nitrogens with zero attached hydrogens (tertiary/aromatic N) is 3. The van der Waals surface area contributed by atoms with Crippen LogP contribution in [0.15, 0.2) is 6.07 Å². The van der Waals surface area contributed by atoms with E-state index >= 15 is 0 Å². The van der Waals surface area contributed by atoms with Gasteiger partial charge in [0.1, 0.15) is 11.6 Å². The molecule has 0 aliphatic carbocycles. The minimum absolute atomic E-state index is 0.436. The summed E-state index contributed by atoms with van der Waals surface area (Å²) in [6, 6.07) is 3.80. The quantitative estimate of drug-likeness (QED) is 0.869. The first-order valence-corrected chi connectivity index (χ1v) is 6.61. The van der Waals surface area contributed by atoms with Crippen LogP contribution in [0.5, 0.6) is 0 Å². The molecule has 0 aliphatic heterocycles. The molecule has 1 heterocycles. The van der Waals surface area contributed by atoms with Crippen LogP contribution < -0.4 is 10.2 Å². The molecule has 0 saturated heterocycles. The van der Waals surface area contributed by atoms with Gasteiger partial charge in [0.2, 0.25) is 0 Å². The van der Waals surface area contributed by atoms with Gasteiger partial charge in [0.05, 0.1) is 22.5 Å². The Morgan fingerprint density at radius 2 is 2.11 bits per heavy atom. The number of nitrogens with one attached hydrogen (secondary N) is 1. The van der Waals surface area contributed by atoms with E-state index in [2.05, 4.69) is 16.4 Å². The van der Waals surface area contributed by atoms with E-state index in [0.29, 0.717) is 34.6 Å². The molecule has 18 heavy (non-hydrogen) atoms. The first-order chi connectivity index (χ1) is 8.63. The van der Waals surface area contributed by atoms with Gasteiger partial charge in [-0.3, -0.25) is 0 Å². The molecular weight excluding hydrogens is 271 g/mol. The maximum absolute atomic E-state index is 8.65. The predicted octanol–water partition coefficient (Wildman–Crippen LogP) is 3.56. The highest BCUT2D eigenvalue weighted by Crippen LogP contribution is 2.31. The van der Waals surface area contributed by atoms with Crippen LogP contribution in [-0.2, 0) is 0 Å². The van der Waals surface area contributed by atoms with Gasteiger partial charge in [-0.15, -0.1) is 0 Å². The average Bonchev–Trinajstić information content (AvgIpc) is 2.35. The highest BCUT2D eigenvalue weighted by Gasteiger charge is 2.14. The van der Waals surface area contributed by atoms with Crippen molar-refractivity contribution in [2.75, 3.05) is 29.9 Å². The van der Waals surface area contributed by atoms with Gasteiger partial charge in [0.25, 0.3) is 0 Å². The van der Waals surface area contributed by atoms with E-state index in [-0.39, 0.29) is 0 Å². The molecule has 6 heteroatoms. The average molecular weight is 287 g/mol. The van der Waals surface area contributed by atoms with Crippen LogP contribution in [0, 0.1) is 11.3 Å². The van der Waals surface area contributed by atoms with E-state index in [0.717, 1.165) is 13.1 Å². The summed E-state index contributed by atoms with van der Waals surface area (Å²) in [5.74, 6) is 1.28. The van der Waals surface area contributed by atoms with Crippen molar-refractivity contribution in [3.63, 3.8) is 0 Å². The normalized spacial score (nSPS) is 9.94. The van der Waals surface area contributed by atoms with Gasteiger partial charge in [-0.05, 0) is 19.9 Å². The van der Waals surface area contributed by atoms with Crippen molar-refractivity contribution in [3.8, 4) is 6.07 Å². The van der Waals surface area contributed by atoms with Gasteiger partial charge in [0, 0.05) is 19.6 Å². The van der Waals surface area contributed by atoms with E-state index in [1.54, 1.807) is 6.07 Å². The van der Waals surface area contributed by atoms with Gasteiger partial charge in [0.15, 0.2) is 0 Å². The lowest BCUT2D eigenvalue weighted by molar-refractivity contribution is 0.811. The minimum Gasteiger partial charge on any atom is -0.369 e. The summed E-state index contributed by atoms with van der Waals surface area (Å²) in [5.41, 5.74) is 0. The third-order valence-electron chi connectivity index (χ3n) is 2.43. The second-order valence-electron chi connectivity index (χ2n) is 3.64. The van der Waals surface area contributed by atoms with Crippen molar-refractivity contribution in [3.05, 3.63) is 16.1 Å². The Balaban J connectivity index is 3.05. The molecule has 0 radical (unpaired) electrons. The smallest absolute Gasteiger partial charge is 0.149 e. The van der Waals surface area contributed by atoms with Crippen LogP contribution in [0.2, 0.25) is 10.0 Å². The Bertz CT molecular complexity index is 442. The lowest BCUT2D eigenvalue weighted by atomic mass is 10.3. The standard InChI is InChI=1S/C12H16Cl2N4/c1-3-16-11-9(13)8-10(14)12(17-11)18(4-2)7-5-6-15/h8H,3-5,7H2,1-2H3,(H,16,17). The van der Waals surface area contributed by atoms with Crippen LogP contribution in [0.25, 0.3) is 0 Å². The molecular formula is C12H16Cl2N4. The van der Waals surface area contributed by atoms with Crippen LogP contribution in [-0.4, -0.2) is 24.6 Å². The molecule has 0 spiro atoms. The van der Waals surface area contributed by atoms with E-state index in [1.165, 1.54) is 0 Å². The molecule has 0 fully saturated rings. The van der Waals surface area contributed by atoms with Crippen molar-refractivity contribution >= 4 is 34.8 Å². The fourth-order valence-corrected chi connectivity index (χ4v) is 2.11. The number of hydrogen-bond acceptors (Lipinski definition) is 4. The third-order valence-corrected chi connectivity index (χ3v) is 3.00. The zero-order valence-corrected chi connectivity index (χ0v) is 12.0. The molecule has 0 unspecified atom stereocenters. The molecule has 98 valence electrons. The van der Waals surface area contributed by atoms with Crippen molar-refractivity contribution < 1.29 is 0 Å². The van der Waals surface area contributed by atoms with Crippen molar-refractivity contribution in [1.82, 2.24) is 4.98 Å². The van der Waals surface area contributed by atoms with Crippen molar-refractivity contribution in [2.24, 2.45) is 0 Å². The Kier molecular flexibility index (Phi) is 6.03. The SMILES string of the molecule is CCNc1nc(N(CC)CCC#N)c(Cl)cc1Cl. The number of pyridine rings is 1. The molecule has 0 bridgehead atoms. The predicted molar refractivity (Wildman–Crippen MR) is 76.5 cm³/mol. The van der Waals surface area contributed by atoms with Gasteiger partial charge < -0.3 is 10.2 Å². The molecule has 0 amide bonds. The van der Waals surface area contributed by atoms with Gasteiger partial charge in [-0.2, -0.15) is 5.26 Å². The number of hydrogen-bond donors (Lipinski definition) is 1. The summed E-state index contributed by atoms with van der Waals surface area (Å²) in [4.78, 5) is 6.39. The molecule has 4 nitrogen and oxygen atoms in total. The second kappa shape index (κ2) is 7.30. The third kappa shape index (κ3) is 3.66. The number of aromatic nitrogens is 1. The monoisotopic (exact) mass is 286 g/mol. The molecule has 1 rings (SSSR count). The van der Waals surface area contributed by atoms with Gasteiger partial charge in [-0.25, -0.2) is 4.98 Å². The van der Waals surface area contributed by atoms with E-state index < -0.39 is 0 Å². The summed E-state index contributed by atoms with van der Waals surface area (Å²) < 4.78 is 0. The van der Waals surface area contributed by atoms with Crippen molar-refractivity contribution in [2.45, 2.75) is 20.3 Å². The number of anilines is 2. The second-order valence-corrected chi connectivity index (χ2v) is 4.46. The Morgan fingerprint density at radius 3 is 2.67 bits per heavy atom. The molecule has 0 aromatic carbocycles. The highest BCUT2D eigenvalue weighted by atomic mass is 35.5. The zero-order chi connectivity index (χ0) is 13.5. The van der Waals surface area contributed by atoms with Crippen LogP contribution in [0.4, 0.5) is 11.6 Å². The molecule has 0 atom stereocenters. The molecule has 0 saturated carbocycles. The topological polar surface area (TPSA) is 52.0 Å². The van der Waals surface area contributed by atoms with Gasteiger partial charge in [-0.1, -0.05) is 23.2 Å². The number of rotatable bonds is 6. The Hall–Kier alpha value is -1.18. The van der Waals surface area contributed by atoms with Crippen LogP contribution >= 0.6 is 23.2 Å². The largest absolute Gasteiger partial charge is 0.369 e. The molecule has 1 aromatic rings. The fraction of sp³-hybridized carbons (Fsp3) is 0.500. The molecule has 0 aliphatic rings. The zero-order valence-electron chi connectivity index (χ0n) is 10.5. The summed E-state index contributed by atoms with van der Waals surface area (Å²) in [6.07, 6.45) is 0.436. The summed E-state index contributed by atoms with van der Waals surface area (Å²) in [7, 11) is 0. The van der Waals surface area contributed by atoms with E-state index in [1.807, 2.05) is 18.7 Å². The van der Waals surface area contributed by atoms with E-state index in [4.69, 9.17) is 28.5 Å².